The number of amides is 1. The van der Waals surface area contributed by atoms with Crippen LogP contribution < -0.4 is 25.0 Å². The Bertz CT molecular complexity index is 1670. The number of esters is 1. The van der Waals surface area contributed by atoms with E-state index in [-0.39, 0.29) is 23.2 Å². The molecule has 1 unspecified atom stereocenters. The van der Waals surface area contributed by atoms with Gasteiger partial charge in [-0.1, -0.05) is 36.4 Å². The van der Waals surface area contributed by atoms with E-state index in [2.05, 4.69) is 5.32 Å². The largest absolute Gasteiger partial charge is 0.490 e. The number of alkyl carbamates (subject to hydrolysis) is 1. The van der Waals surface area contributed by atoms with Gasteiger partial charge in [-0.2, -0.15) is 0 Å². The van der Waals surface area contributed by atoms with Gasteiger partial charge in [0.1, 0.15) is 28.7 Å². The topological polar surface area (TPSA) is 113 Å². The average molecular weight is 572 g/mol. The molecule has 1 aliphatic heterocycles. The highest BCUT2D eigenvalue weighted by atomic mass is 16.6. The minimum absolute atomic E-state index is 0.169. The van der Waals surface area contributed by atoms with Crippen molar-refractivity contribution >= 4 is 23.0 Å². The Hall–Kier alpha value is -4.79. The Morgan fingerprint density at radius 3 is 2.43 bits per heavy atom. The van der Waals surface area contributed by atoms with Crippen molar-refractivity contribution < 1.29 is 33.0 Å². The van der Waals surface area contributed by atoms with Crippen LogP contribution in [0, 0.1) is 6.92 Å². The van der Waals surface area contributed by atoms with E-state index in [0.29, 0.717) is 47.0 Å². The van der Waals surface area contributed by atoms with Crippen molar-refractivity contribution in [2.24, 2.45) is 0 Å². The molecule has 0 radical (unpaired) electrons. The molecule has 9 nitrogen and oxygen atoms in total. The van der Waals surface area contributed by atoms with Gasteiger partial charge in [-0.3, -0.25) is 4.79 Å². The van der Waals surface area contributed by atoms with Crippen molar-refractivity contribution in [3.05, 3.63) is 88.3 Å². The van der Waals surface area contributed by atoms with Gasteiger partial charge in [0.05, 0.1) is 24.2 Å². The van der Waals surface area contributed by atoms with Gasteiger partial charge in [-0.25, -0.2) is 9.59 Å². The van der Waals surface area contributed by atoms with E-state index in [1.165, 1.54) is 12.1 Å². The molecular weight excluding hydrogens is 538 g/mol. The van der Waals surface area contributed by atoms with Gasteiger partial charge >= 0.3 is 12.1 Å². The van der Waals surface area contributed by atoms with Crippen LogP contribution in [0.1, 0.15) is 38.5 Å². The number of hydrogen-bond acceptors (Lipinski definition) is 8. The maximum Gasteiger partial charge on any atom is 0.408 e. The number of carbonyl (C=O) groups excluding carboxylic acids is 2. The van der Waals surface area contributed by atoms with Crippen molar-refractivity contribution in [2.45, 2.75) is 52.2 Å². The number of hydrogen-bond donors (Lipinski definition) is 1. The SMILES string of the molecule is Cc1oc2cc(OC(=O)C(Cc3ccccc3)NC(=O)OC(C)(C)C)ccc2c(=O)c1-c1ccc2c(c1)OCCCO2. The lowest BCUT2D eigenvalue weighted by Crippen LogP contribution is -2.46. The van der Waals surface area contributed by atoms with Crippen LogP contribution in [0.3, 0.4) is 0 Å². The van der Waals surface area contributed by atoms with Gasteiger partial charge < -0.3 is 28.7 Å². The van der Waals surface area contributed by atoms with E-state index in [0.717, 1.165) is 12.0 Å². The molecule has 0 saturated heterocycles. The second-order valence-electron chi connectivity index (χ2n) is 11.0. The fraction of sp³-hybridized carbons (Fsp3) is 0.303. The summed E-state index contributed by atoms with van der Waals surface area (Å²) in [6.07, 6.45) is 0.236. The molecule has 1 atom stereocenters. The Labute approximate surface area is 243 Å². The number of carbonyl (C=O) groups is 2. The van der Waals surface area contributed by atoms with Gasteiger partial charge in [-0.05, 0) is 63.1 Å². The minimum atomic E-state index is -1.02. The molecule has 42 heavy (non-hydrogen) atoms. The van der Waals surface area contributed by atoms with Crippen LogP contribution in [0.4, 0.5) is 4.79 Å². The lowest BCUT2D eigenvalue weighted by molar-refractivity contribution is -0.136. The maximum absolute atomic E-state index is 13.6. The molecule has 5 rings (SSSR count). The highest BCUT2D eigenvalue weighted by molar-refractivity contribution is 5.87. The van der Waals surface area contributed by atoms with Crippen LogP contribution >= 0.6 is 0 Å². The molecule has 2 heterocycles. The van der Waals surface area contributed by atoms with Crippen LogP contribution in [0.5, 0.6) is 17.2 Å². The average Bonchev–Trinajstić information content (AvgIpc) is 3.17. The lowest BCUT2D eigenvalue weighted by atomic mass is 10.0. The zero-order valence-electron chi connectivity index (χ0n) is 24.0. The molecule has 1 N–H and O–H groups in total. The molecule has 4 aromatic rings. The van der Waals surface area contributed by atoms with E-state index >= 15 is 0 Å². The molecule has 0 aliphatic carbocycles. The smallest absolute Gasteiger partial charge is 0.408 e. The van der Waals surface area contributed by atoms with Gasteiger partial charge in [0.25, 0.3) is 0 Å². The Kier molecular flexibility index (Phi) is 8.20. The molecule has 0 spiro atoms. The summed E-state index contributed by atoms with van der Waals surface area (Å²) >= 11 is 0. The summed E-state index contributed by atoms with van der Waals surface area (Å²) in [5.41, 5.74) is 1.19. The van der Waals surface area contributed by atoms with Crippen LogP contribution in [0.2, 0.25) is 0 Å². The zero-order chi connectivity index (χ0) is 29.9. The molecule has 3 aromatic carbocycles. The first-order chi connectivity index (χ1) is 20.1. The number of rotatable bonds is 6. The zero-order valence-corrected chi connectivity index (χ0v) is 24.0. The normalized spacial score (nSPS) is 13.6. The second-order valence-corrected chi connectivity index (χ2v) is 11.0. The van der Waals surface area contributed by atoms with E-state index < -0.39 is 23.7 Å². The first kappa shape index (κ1) is 28.7. The van der Waals surface area contributed by atoms with Crippen LogP contribution in [-0.4, -0.2) is 36.9 Å². The number of nitrogens with one attached hydrogen (secondary N) is 1. The first-order valence-corrected chi connectivity index (χ1v) is 13.8. The molecule has 1 aliphatic rings. The summed E-state index contributed by atoms with van der Waals surface area (Å²) in [4.78, 5) is 39.3. The van der Waals surface area contributed by atoms with Crippen LogP contribution in [0.25, 0.3) is 22.1 Å². The minimum Gasteiger partial charge on any atom is -0.490 e. The summed E-state index contributed by atoms with van der Waals surface area (Å²) in [5, 5.41) is 2.95. The van der Waals surface area contributed by atoms with E-state index in [9.17, 15) is 14.4 Å². The summed E-state index contributed by atoms with van der Waals surface area (Å²) in [6.45, 7) is 8.02. The molecule has 218 valence electrons. The van der Waals surface area contributed by atoms with Crippen LogP contribution in [0.15, 0.2) is 75.9 Å². The third-order valence-corrected chi connectivity index (χ3v) is 6.55. The third kappa shape index (κ3) is 6.74. The van der Waals surface area contributed by atoms with Crippen molar-refractivity contribution in [1.29, 1.82) is 0 Å². The molecule has 9 heteroatoms. The highest BCUT2D eigenvalue weighted by Gasteiger charge is 2.27. The van der Waals surface area contributed by atoms with E-state index in [1.54, 1.807) is 52.0 Å². The monoisotopic (exact) mass is 571 g/mol. The molecule has 1 amide bonds. The van der Waals surface area contributed by atoms with E-state index in [1.807, 2.05) is 30.3 Å². The summed E-state index contributed by atoms with van der Waals surface area (Å²) in [5.74, 6) is 1.10. The summed E-state index contributed by atoms with van der Waals surface area (Å²) in [7, 11) is 0. The Morgan fingerprint density at radius 2 is 1.69 bits per heavy atom. The lowest BCUT2D eigenvalue weighted by Gasteiger charge is -2.23. The number of ether oxygens (including phenoxy) is 4. The van der Waals surface area contributed by atoms with E-state index in [4.69, 9.17) is 23.4 Å². The molecule has 0 bridgehead atoms. The van der Waals surface area contributed by atoms with Crippen molar-refractivity contribution in [1.82, 2.24) is 5.32 Å². The summed E-state index contributed by atoms with van der Waals surface area (Å²) < 4.78 is 28.6. The van der Waals surface area contributed by atoms with Gasteiger partial charge in [-0.15, -0.1) is 0 Å². The highest BCUT2D eigenvalue weighted by Crippen LogP contribution is 2.35. The fourth-order valence-corrected chi connectivity index (χ4v) is 4.68. The van der Waals surface area contributed by atoms with Crippen LogP contribution in [-0.2, 0) is 16.0 Å². The molecule has 1 aromatic heterocycles. The number of aryl methyl sites for hydroxylation is 1. The number of fused-ring (bicyclic) bond motifs is 2. The molecule has 0 saturated carbocycles. The van der Waals surface area contributed by atoms with Crippen molar-refractivity contribution in [3.63, 3.8) is 0 Å². The van der Waals surface area contributed by atoms with Crippen molar-refractivity contribution in [3.8, 4) is 28.4 Å². The van der Waals surface area contributed by atoms with Gasteiger partial charge in [0, 0.05) is 18.9 Å². The molecule has 0 fully saturated rings. The van der Waals surface area contributed by atoms with Gasteiger partial charge in [0.15, 0.2) is 11.5 Å². The number of benzene rings is 3. The third-order valence-electron chi connectivity index (χ3n) is 6.55. The van der Waals surface area contributed by atoms with Crippen molar-refractivity contribution in [2.75, 3.05) is 13.2 Å². The standard InChI is InChI=1S/C33H33NO8/c1-20-29(22-11-14-26-28(18-22)39-16-8-15-38-26)30(35)24-13-12-23(19-27(24)40-20)41-31(36)25(17-21-9-6-5-7-10-21)34-32(37)42-33(2,3)4/h5-7,9-14,18-19,25H,8,15-17H2,1-4H3,(H,34,37). The molecular formula is C33H33NO8. The Morgan fingerprint density at radius 1 is 0.952 bits per heavy atom. The second kappa shape index (κ2) is 12.0. The fourth-order valence-electron chi connectivity index (χ4n) is 4.68. The maximum atomic E-state index is 13.6. The quantitative estimate of drug-likeness (QED) is 0.222. The first-order valence-electron chi connectivity index (χ1n) is 13.8. The Balaban J connectivity index is 1.40. The summed E-state index contributed by atoms with van der Waals surface area (Å²) in [6, 6.07) is 18.2. The predicted octanol–water partition coefficient (Wildman–Crippen LogP) is 5.97. The van der Waals surface area contributed by atoms with Gasteiger partial charge in [0.2, 0.25) is 5.43 Å². The predicted molar refractivity (Wildman–Crippen MR) is 157 cm³/mol.